The molecule has 0 aliphatic carbocycles. The molecule has 1 aliphatic rings. The molecule has 0 saturated carbocycles. The van der Waals surface area contributed by atoms with Gasteiger partial charge in [0.05, 0.1) is 5.69 Å². The number of ether oxygens (including phenoxy) is 1. The van der Waals surface area contributed by atoms with Crippen LogP contribution in [0.4, 0.5) is 10.5 Å². The van der Waals surface area contributed by atoms with Crippen molar-refractivity contribution in [3.05, 3.63) is 60.8 Å². The number of rotatable bonds is 7. The molecule has 1 saturated heterocycles. The standard InChI is InChI=1S/C20H30N4O3.C11H13BrN2O/c1-15(2)6-8-23-9-7-17(16(14-21)18(23)25)22-10-12-24(13-11-22)19(26)27-20(3,4)5;1-8(2)3-5-14-6-4-10(12)9(7-13)11(14)15/h7,9,15H,6,8,10-13H2,1-5H3;4,6,8H,3,5H2,1-2H3. The second-order valence-corrected chi connectivity index (χ2v) is 13.0. The van der Waals surface area contributed by atoms with Crippen molar-refractivity contribution in [3.8, 4) is 12.1 Å². The minimum Gasteiger partial charge on any atom is -0.444 e. The Labute approximate surface area is 257 Å². The van der Waals surface area contributed by atoms with Crippen molar-refractivity contribution >= 4 is 27.7 Å². The Bertz CT molecular complexity index is 1420. The van der Waals surface area contributed by atoms with Crippen molar-refractivity contribution in [2.75, 3.05) is 31.1 Å². The predicted molar refractivity (Wildman–Crippen MR) is 167 cm³/mol. The summed E-state index contributed by atoms with van der Waals surface area (Å²) in [6.07, 6.45) is 4.98. The van der Waals surface area contributed by atoms with E-state index >= 15 is 0 Å². The van der Waals surface area contributed by atoms with E-state index in [0.717, 1.165) is 12.8 Å². The maximum atomic E-state index is 12.6. The van der Waals surface area contributed by atoms with Crippen LogP contribution in [0.25, 0.3) is 0 Å². The van der Waals surface area contributed by atoms with E-state index in [1.54, 1.807) is 32.5 Å². The monoisotopic (exact) mass is 642 g/mol. The quantitative estimate of drug-likeness (QED) is 0.398. The third-order valence-electron chi connectivity index (χ3n) is 6.65. The van der Waals surface area contributed by atoms with Crippen LogP contribution in [0.15, 0.2) is 38.6 Å². The second-order valence-electron chi connectivity index (χ2n) is 12.2. The molecule has 1 amide bonds. The average molecular weight is 644 g/mol. The van der Waals surface area contributed by atoms with Crippen LogP contribution in [-0.4, -0.2) is 51.9 Å². The van der Waals surface area contributed by atoms with Crippen LogP contribution in [0.2, 0.25) is 0 Å². The number of aryl methyl sites for hydroxylation is 2. The highest BCUT2D eigenvalue weighted by Crippen LogP contribution is 2.20. The van der Waals surface area contributed by atoms with Crippen LogP contribution < -0.4 is 16.0 Å². The lowest BCUT2D eigenvalue weighted by Crippen LogP contribution is -2.50. The predicted octanol–water partition coefficient (Wildman–Crippen LogP) is 5.35. The van der Waals surface area contributed by atoms with Crippen molar-refractivity contribution in [3.63, 3.8) is 0 Å². The first-order valence-electron chi connectivity index (χ1n) is 14.3. The van der Waals surface area contributed by atoms with Gasteiger partial charge >= 0.3 is 6.09 Å². The molecule has 0 unspecified atom stereocenters. The van der Waals surface area contributed by atoms with E-state index < -0.39 is 5.60 Å². The topological polar surface area (TPSA) is 124 Å². The maximum absolute atomic E-state index is 12.6. The van der Waals surface area contributed by atoms with Crippen molar-refractivity contribution in [2.45, 2.75) is 80.0 Å². The highest BCUT2D eigenvalue weighted by atomic mass is 79.9. The van der Waals surface area contributed by atoms with Crippen LogP contribution in [0.1, 0.15) is 72.4 Å². The molecule has 2 aromatic rings. The summed E-state index contributed by atoms with van der Waals surface area (Å²) in [5, 5.41) is 18.3. The maximum Gasteiger partial charge on any atom is 0.410 e. The molecule has 2 aromatic heterocycles. The lowest BCUT2D eigenvalue weighted by molar-refractivity contribution is 0.0240. The Morgan fingerprint density at radius 2 is 1.36 bits per heavy atom. The Morgan fingerprint density at radius 1 is 0.881 bits per heavy atom. The largest absolute Gasteiger partial charge is 0.444 e. The minimum atomic E-state index is -0.525. The van der Waals surface area contributed by atoms with Gasteiger partial charge in [0.25, 0.3) is 11.1 Å². The van der Waals surface area contributed by atoms with E-state index in [0.29, 0.717) is 61.3 Å². The Morgan fingerprint density at radius 3 is 1.81 bits per heavy atom. The number of nitrogens with zero attached hydrogens (tertiary/aromatic N) is 6. The fourth-order valence-corrected chi connectivity index (χ4v) is 4.57. The molecular weight excluding hydrogens is 600 g/mol. The molecule has 11 heteroatoms. The number of aromatic nitrogens is 2. The summed E-state index contributed by atoms with van der Waals surface area (Å²) >= 11 is 3.19. The van der Waals surface area contributed by atoms with Gasteiger partial charge in [0.1, 0.15) is 28.9 Å². The number of nitriles is 2. The van der Waals surface area contributed by atoms with Gasteiger partial charge in [-0.1, -0.05) is 27.7 Å². The summed E-state index contributed by atoms with van der Waals surface area (Å²) in [6, 6.07) is 7.56. The van der Waals surface area contributed by atoms with Crippen molar-refractivity contribution in [2.24, 2.45) is 11.8 Å². The lowest BCUT2D eigenvalue weighted by Gasteiger charge is -2.37. The Balaban J connectivity index is 0.000000347. The molecule has 0 aromatic carbocycles. The zero-order chi connectivity index (χ0) is 31.6. The Hall–Kier alpha value is -3.57. The molecule has 1 fully saturated rings. The molecule has 0 atom stereocenters. The first-order valence-corrected chi connectivity index (χ1v) is 15.1. The van der Waals surface area contributed by atoms with E-state index in [1.807, 2.05) is 37.8 Å². The van der Waals surface area contributed by atoms with Crippen LogP contribution >= 0.6 is 15.9 Å². The normalized spacial score (nSPS) is 13.3. The summed E-state index contributed by atoms with van der Waals surface area (Å²) in [5.41, 5.74) is 0.0148. The first kappa shape index (κ1) is 34.6. The molecule has 10 nitrogen and oxygen atoms in total. The molecular formula is C31H43BrN6O4. The highest BCUT2D eigenvalue weighted by molar-refractivity contribution is 9.10. The van der Waals surface area contributed by atoms with Gasteiger partial charge in [-0.05, 0) is 73.5 Å². The molecule has 0 N–H and O–H groups in total. The van der Waals surface area contributed by atoms with E-state index in [1.165, 1.54) is 0 Å². The van der Waals surface area contributed by atoms with Gasteiger partial charge in [0, 0.05) is 56.1 Å². The molecule has 3 heterocycles. The number of halogens is 1. The third-order valence-corrected chi connectivity index (χ3v) is 7.31. The fourth-order valence-electron chi connectivity index (χ4n) is 4.19. The second kappa shape index (κ2) is 15.6. The summed E-state index contributed by atoms with van der Waals surface area (Å²) in [6.45, 7) is 17.3. The number of pyridine rings is 2. The highest BCUT2D eigenvalue weighted by Gasteiger charge is 2.27. The average Bonchev–Trinajstić information content (AvgIpc) is 2.91. The van der Waals surface area contributed by atoms with Crippen LogP contribution in [0, 0.1) is 34.5 Å². The van der Waals surface area contributed by atoms with Crippen LogP contribution in [0.3, 0.4) is 0 Å². The van der Waals surface area contributed by atoms with Crippen molar-refractivity contribution in [1.29, 1.82) is 10.5 Å². The van der Waals surface area contributed by atoms with Gasteiger partial charge in [-0.2, -0.15) is 10.5 Å². The SMILES string of the molecule is CC(C)CCn1ccc(Br)c(C#N)c1=O.CC(C)CCn1ccc(N2CCN(C(=O)OC(C)(C)C)CC2)c(C#N)c1=O. The number of hydrogen-bond donors (Lipinski definition) is 0. The number of hydrogen-bond acceptors (Lipinski definition) is 7. The van der Waals surface area contributed by atoms with Crippen molar-refractivity contribution in [1.82, 2.24) is 14.0 Å². The zero-order valence-corrected chi connectivity index (χ0v) is 27.4. The minimum absolute atomic E-state index is 0.173. The van der Waals surface area contributed by atoms with Gasteiger partial charge in [-0.25, -0.2) is 4.79 Å². The number of piperazine rings is 1. The number of anilines is 1. The van der Waals surface area contributed by atoms with E-state index in [-0.39, 0.29) is 28.3 Å². The number of carbonyl (C=O) groups excluding carboxylic acids is 1. The third kappa shape index (κ3) is 10.1. The van der Waals surface area contributed by atoms with E-state index in [2.05, 4.69) is 49.7 Å². The summed E-state index contributed by atoms with van der Waals surface area (Å²) < 4.78 is 9.17. The molecule has 42 heavy (non-hydrogen) atoms. The van der Waals surface area contributed by atoms with Crippen LogP contribution in [0.5, 0.6) is 0 Å². The van der Waals surface area contributed by atoms with Gasteiger partial charge in [0.15, 0.2) is 0 Å². The number of amides is 1. The molecule has 0 bridgehead atoms. The molecule has 0 spiro atoms. The van der Waals surface area contributed by atoms with Gasteiger partial charge in [0.2, 0.25) is 0 Å². The smallest absolute Gasteiger partial charge is 0.410 e. The van der Waals surface area contributed by atoms with Gasteiger partial charge < -0.3 is 23.7 Å². The first-order chi connectivity index (χ1) is 19.7. The fraction of sp³-hybridized carbons (Fsp3) is 0.581. The summed E-state index contributed by atoms with van der Waals surface area (Å²) in [5.74, 6) is 1.04. The molecule has 228 valence electrons. The Kier molecular flexibility index (Phi) is 12.9. The van der Waals surface area contributed by atoms with Crippen molar-refractivity contribution < 1.29 is 9.53 Å². The van der Waals surface area contributed by atoms with Gasteiger partial charge in [-0.15, -0.1) is 0 Å². The lowest BCUT2D eigenvalue weighted by atomic mass is 10.1. The summed E-state index contributed by atoms with van der Waals surface area (Å²) in [4.78, 5) is 40.2. The van der Waals surface area contributed by atoms with E-state index in [9.17, 15) is 19.6 Å². The number of carbonyl (C=O) groups is 1. The van der Waals surface area contributed by atoms with E-state index in [4.69, 9.17) is 10.00 Å². The molecule has 3 rings (SSSR count). The summed E-state index contributed by atoms with van der Waals surface area (Å²) in [7, 11) is 0. The van der Waals surface area contributed by atoms with Gasteiger partial charge in [-0.3, -0.25) is 9.59 Å². The molecule has 0 radical (unpaired) electrons. The van der Waals surface area contributed by atoms with Crippen LogP contribution in [-0.2, 0) is 17.8 Å². The zero-order valence-electron chi connectivity index (χ0n) is 25.8. The molecule has 1 aliphatic heterocycles.